The number of hydrogen-bond donors (Lipinski definition) is 1. The van der Waals surface area contributed by atoms with E-state index in [0.717, 1.165) is 12.1 Å². The highest BCUT2D eigenvalue weighted by molar-refractivity contribution is 7.11. The summed E-state index contributed by atoms with van der Waals surface area (Å²) in [5.74, 6) is 0. The van der Waals surface area contributed by atoms with Gasteiger partial charge in [-0.25, -0.2) is 0 Å². The van der Waals surface area contributed by atoms with Gasteiger partial charge in [-0.15, -0.1) is 0 Å². The molecule has 3 nitrogen and oxygen atoms in total. The summed E-state index contributed by atoms with van der Waals surface area (Å²) in [6, 6.07) is 8.67. The minimum Gasteiger partial charge on any atom is -0.371 e. The molecule has 0 amide bonds. The van der Waals surface area contributed by atoms with Gasteiger partial charge < -0.3 is 10.2 Å². The number of nitrogens with one attached hydrogen (secondary N) is 1. The fraction of sp³-hybridized carbons (Fsp3) is 0.417. The molecule has 4 heteroatoms. The van der Waals surface area contributed by atoms with Gasteiger partial charge in [-0.3, -0.25) is 0 Å². The van der Waals surface area contributed by atoms with E-state index >= 15 is 0 Å². The van der Waals surface area contributed by atoms with Gasteiger partial charge in [0.25, 0.3) is 0 Å². The predicted molar refractivity (Wildman–Crippen MR) is 71.3 cm³/mol. The van der Waals surface area contributed by atoms with Gasteiger partial charge >= 0.3 is 0 Å². The first-order valence-electron chi connectivity index (χ1n) is 5.42. The Morgan fingerprint density at radius 3 is 2.88 bits per heavy atom. The first-order valence-corrected chi connectivity index (χ1v) is 6.20. The Hall–Kier alpha value is -1.13. The van der Waals surface area contributed by atoms with Crippen LogP contribution in [0.5, 0.6) is 0 Å². The molecule has 0 fully saturated rings. The molecule has 0 saturated carbocycles. The van der Waals surface area contributed by atoms with Crippen molar-refractivity contribution in [3.8, 4) is 0 Å². The van der Waals surface area contributed by atoms with Crippen LogP contribution in [0, 0.1) is 0 Å². The average molecular weight is 235 g/mol. The maximum absolute atomic E-state index is 4.42. The summed E-state index contributed by atoms with van der Waals surface area (Å²) in [4.78, 5) is 2.18. The van der Waals surface area contributed by atoms with Crippen molar-refractivity contribution < 1.29 is 0 Å². The standard InChI is InChI=1S/C12H17N3S/c1-9(8-15(2)3)13-12-10-6-4-5-7-11(10)14-16-12/h4-7,9,13H,8H2,1-3H3. The third-order valence-electron chi connectivity index (χ3n) is 2.40. The predicted octanol–water partition coefficient (Wildman–Crippen LogP) is 2.66. The molecule has 0 spiro atoms. The van der Waals surface area contributed by atoms with E-state index in [1.54, 1.807) is 0 Å². The molecule has 2 rings (SSSR count). The molecule has 1 N–H and O–H groups in total. The minimum absolute atomic E-state index is 0.429. The van der Waals surface area contributed by atoms with Crippen LogP contribution in [-0.2, 0) is 0 Å². The number of aromatic nitrogens is 1. The van der Waals surface area contributed by atoms with E-state index in [1.165, 1.54) is 21.9 Å². The summed E-state index contributed by atoms with van der Waals surface area (Å²) in [6.07, 6.45) is 0. The summed E-state index contributed by atoms with van der Waals surface area (Å²) in [6.45, 7) is 3.21. The number of anilines is 1. The number of fused-ring (bicyclic) bond motifs is 1. The molecule has 86 valence electrons. The van der Waals surface area contributed by atoms with Crippen LogP contribution in [0.1, 0.15) is 6.92 Å². The Kier molecular flexibility index (Phi) is 3.41. The third kappa shape index (κ3) is 2.51. The van der Waals surface area contributed by atoms with E-state index in [1.807, 2.05) is 12.1 Å². The monoisotopic (exact) mass is 235 g/mol. The van der Waals surface area contributed by atoms with Gasteiger partial charge in [0.15, 0.2) is 0 Å². The van der Waals surface area contributed by atoms with Crippen molar-refractivity contribution in [3.63, 3.8) is 0 Å². The molecule has 0 saturated heterocycles. The van der Waals surface area contributed by atoms with Crippen molar-refractivity contribution in [2.75, 3.05) is 26.0 Å². The van der Waals surface area contributed by atoms with Crippen LogP contribution in [0.2, 0.25) is 0 Å². The molecule has 0 bridgehead atoms. The first-order chi connectivity index (χ1) is 7.66. The van der Waals surface area contributed by atoms with Gasteiger partial charge in [-0.1, -0.05) is 12.1 Å². The lowest BCUT2D eigenvalue weighted by Gasteiger charge is -2.18. The van der Waals surface area contributed by atoms with Gasteiger partial charge in [0, 0.05) is 18.0 Å². The molecule has 2 aromatic rings. The number of hydrogen-bond acceptors (Lipinski definition) is 4. The van der Waals surface area contributed by atoms with Crippen molar-refractivity contribution >= 4 is 27.4 Å². The van der Waals surface area contributed by atoms with Crippen LogP contribution in [0.25, 0.3) is 10.9 Å². The summed E-state index contributed by atoms with van der Waals surface area (Å²) < 4.78 is 4.42. The molecular weight excluding hydrogens is 218 g/mol. The Bertz CT molecular complexity index is 464. The third-order valence-corrected chi connectivity index (χ3v) is 3.21. The van der Waals surface area contributed by atoms with E-state index in [-0.39, 0.29) is 0 Å². The van der Waals surface area contributed by atoms with Crippen LogP contribution in [0.4, 0.5) is 5.00 Å². The van der Waals surface area contributed by atoms with Crippen molar-refractivity contribution in [2.24, 2.45) is 0 Å². The summed E-state index contributed by atoms with van der Waals surface area (Å²) >= 11 is 1.54. The molecule has 1 aromatic carbocycles. The van der Waals surface area contributed by atoms with E-state index in [4.69, 9.17) is 0 Å². The Balaban J connectivity index is 2.15. The van der Waals surface area contributed by atoms with Crippen LogP contribution >= 0.6 is 11.5 Å². The van der Waals surface area contributed by atoms with E-state index in [0.29, 0.717) is 6.04 Å². The van der Waals surface area contributed by atoms with Crippen LogP contribution in [0.15, 0.2) is 24.3 Å². The first kappa shape index (κ1) is 11.4. The number of benzene rings is 1. The normalized spacial score (nSPS) is 13.2. The Morgan fingerprint density at radius 2 is 2.12 bits per heavy atom. The highest BCUT2D eigenvalue weighted by Gasteiger charge is 2.08. The minimum atomic E-state index is 0.429. The fourth-order valence-electron chi connectivity index (χ4n) is 1.81. The molecule has 0 aliphatic heterocycles. The van der Waals surface area contributed by atoms with Gasteiger partial charge in [0.1, 0.15) is 5.00 Å². The zero-order chi connectivity index (χ0) is 11.5. The fourth-order valence-corrected chi connectivity index (χ4v) is 2.68. The lowest BCUT2D eigenvalue weighted by atomic mass is 10.2. The highest BCUT2D eigenvalue weighted by Crippen LogP contribution is 2.27. The SMILES string of the molecule is CC(CN(C)C)Nc1snc2ccccc12. The highest BCUT2D eigenvalue weighted by atomic mass is 32.1. The van der Waals surface area contributed by atoms with Crippen LogP contribution in [0.3, 0.4) is 0 Å². The molecule has 1 aromatic heterocycles. The van der Waals surface area contributed by atoms with Gasteiger partial charge in [0.2, 0.25) is 0 Å². The quantitative estimate of drug-likeness (QED) is 0.883. The van der Waals surface area contributed by atoms with Crippen molar-refractivity contribution in [1.29, 1.82) is 0 Å². The molecule has 0 aliphatic rings. The van der Waals surface area contributed by atoms with Gasteiger partial charge in [-0.2, -0.15) is 4.37 Å². The summed E-state index contributed by atoms with van der Waals surface area (Å²) in [7, 11) is 4.17. The molecule has 1 atom stereocenters. The summed E-state index contributed by atoms with van der Waals surface area (Å²) in [5, 5.41) is 5.90. The van der Waals surface area contributed by atoms with E-state index in [9.17, 15) is 0 Å². The van der Waals surface area contributed by atoms with Gasteiger partial charge in [-0.05, 0) is 44.7 Å². The molecule has 0 radical (unpaired) electrons. The van der Waals surface area contributed by atoms with Crippen molar-refractivity contribution in [3.05, 3.63) is 24.3 Å². The second kappa shape index (κ2) is 4.80. The largest absolute Gasteiger partial charge is 0.371 e. The number of rotatable bonds is 4. The average Bonchev–Trinajstić information content (AvgIpc) is 2.61. The maximum Gasteiger partial charge on any atom is 0.117 e. The zero-order valence-corrected chi connectivity index (χ0v) is 10.7. The van der Waals surface area contributed by atoms with Gasteiger partial charge in [0.05, 0.1) is 5.52 Å². The lowest BCUT2D eigenvalue weighted by Crippen LogP contribution is -2.29. The second-order valence-corrected chi connectivity index (χ2v) is 5.11. The molecular formula is C12H17N3S. The smallest absolute Gasteiger partial charge is 0.117 e. The molecule has 1 heterocycles. The molecule has 1 unspecified atom stereocenters. The van der Waals surface area contributed by atoms with Crippen LogP contribution < -0.4 is 5.32 Å². The van der Waals surface area contributed by atoms with E-state index in [2.05, 4.69) is 47.7 Å². The summed E-state index contributed by atoms with van der Waals surface area (Å²) in [5.41, 5.74) is 1.08. The zero-order valence-electron chi connectivity index (χ0n) is 9.90. The van der Waals surface area contributed by atoms with Crippen LogP contribution in [-0.4, -0.2) is 36.0 Å². The Morgan fingerprint density at radius 1 is 1.38 bits per heavy atom. The van der Waals surface area contributed by atoms with Crippen molar-refractivity contribution in [1.82, 2.24) is 9.27 Å². The Labute approximate surface area is 100 Å². The molecule has 0 aliphatic carbocycles. The second-order valence-electron chi connectivity index (χ2n) is 4.34. The van der Waals surface area contributed by atoms with E-state index < -0.39 is 0 Å². The maximum atomic E-state index is 4.42. The topological polar surface area (TPSA) is 28.2 Å². The lowest BCUT2D eigenvalue weighted by molar-refractivity contribution is 0.392. The van der Waals surface area contributed by atoms with Crippen molar-refractivity contribution in [2.45, 2.75) is 13.0 Å². The molecule has 16 heavy (non-hydrogen) atoms. The number of likely N-dealkylation sites (N-methyl/N-ethyl adjacent to an activating group) is 1. The number of nitrogens with zero attached hydrogens (tertiary/aromatic N) is 2.